The van der Waals surface area contributed by atoms with Gasteiger partial charge in [0, 0.05) is 17.4 Å². The molecule has 0 aliphatic heterocycles. The van der Waals surface area contributed by atoms with Gasteiger partial charge >= 0.3 is 0 Å². The van der Waals surface area contributed by atoms with Crippen LogP contribution >= 0.6 is 11.8 Å². The number of nitrogens with two attached hydrogens (primary N) is 1. The Hall–Kier alpha value is -1.00. The third kappa shape index (κ3) is 4.84. The normalized spacial score (nSPS) is 12.6. The van der Waals surface area contributed by atoms with Gasteiger partial charge in [0.25, 0.3) is 0 Å². The lowest BCUT2D eigenvalue weighted by atomic mass is 10.1. The summed E-state index contributed by atoms with van der Waals surface area (Å²) >= 11 is 1.62. The van der Waals surface area contributed by atoms with E-state index in [9.17, 15) is 8.42 Å². The summed E-state index contributed by atoms with van der Waals surface area (Å²) in [6.07, 6.45) is 1.95. The zero-order valence-electron chi connectivity index (χ0n) is 11.9. The summed E-state index contributed by atoms with van der Waals surface area (Å²) in [4.78, 5) is 0.265. The third-order valence-corrected chi connectivity index (χ3v) is 5.19. The second kappa shape index (κ2) is 7.70. The van der Waals surface area contributed by atoms with Gasteiger partial charge in [-0.1, -0.05) is 18.8 Å². The van der Waals surface area contributed by atoms with Gasteiger partial charge in [0.05, 0.1) is 11.4 Å². The van der Waals surface area contributed by atoms with Gasteiger partial charge in [-0.25, -0.2) is 13.1 Å². The first-order chi connectivity index (χ1) is 9.40. The molecule has 0 aromatic heterocycles. The van der Waals surface area contributed by atoms with Gasteiger partial charge in [-0.05, 0) is 36.9 Å². The highest BCUT2D eigenvalue weighted by Gasteiger charge is 2.15. The van der Waals surface area contributed by atoms with Crippen LogP contribution in [0.25, 0.3) is 0 Å². The number of hydrogen-bond acceptors (Lipinski definition) is 4. The molecule has 1 aromatic rings. The monoisotopic (exact) mass is 312 g/mol. The number of aryl methyl sites for hydroxylation is 1. The fourth-order valence-corrected chi connectivity index (χ4v) is 3.05. The van der Waals surface area contributed by atoms with Crippen LogP contribution in [0.4, 0.5) is 0 Å². The molecule has 1 aromatic carbocycles. The molecule has 0 saturated carbocycles. The van der Waals surface area contributed by atoms with Gasteiger partial charge in [0.1, 0.15) is 0 Å². The van der Waals surface area contributed by atoms with E-state index < -0.39 is 10.0 Å². The molecule has 20 heavy (non-hydrogen) atoms. The Bertz CT molecular complexity index is 616. The molecular formula is C14H20N2O2S2. The van der Waals surface area contributed by atoms with E-state index in [0.717, 1.165) is 11.1 Å². The predicted molar refractivity (Wildman–Crippen MR) is 85.3 cm³/mol. The van der Waals surface area contributed by atoms with E-state index in [4.69, 9.17) is 5.73 Å². The lowest BCUT2D eigenvalue weighted by Crippen LogP contribution is -2.29. The second-order valence-electron chi connectivity index (χ2n) is 4.38. The molecule has 1 rings (SSSR count). The fraction of sp³-hybridized carbons (Fsp3) is 0.429. The van der Waals surface area contributed by atoms with Gasteiger partial charge in [0.2, 0.25) is 10.0 Å². The summed E-state index contributed by atoms with van der Waals surface area (Å²) in [5.41, 5.74) is 6.95. The quantitative estimate of drug-likeness (QED) is 0.805. The number of rotatable bonds is 5. The maximum absolute atomic E-state index is 12.2. The van der Waals surface area contributed by atoms with Gasteiger partial charge in [-0.2, -0.15) is 11.8 Å². The molecule has 0 heterocycles. The standard InChI is InChI=1S/C14H20N2O2S2/c1-11-9-14(7-6-13(11)5-4-8-15)20(17,18)16-10-12(2)19-3/h6-7,9,12,16H,8,10,15H2,1-3H3. The van der Waals surface area contributed by atoms with Crippen molar-refractivity contribution >= 4 is 21.8 Å². The molecule has 110 valence electrons. The van der Waals surface area contributed by atoms with E-state index in [-0.39, 0.29) is 16.7 Å². The maximum Gasteiger partial charge on any atom is 0.240 e. The van der Waals surface area contributed by atoms with Crippen LogP contribution < -0.4 is 10.5 Å². The smallest absolute Gasteiger partial charge is 0.240 e. The van der Waals surface area contributed by atoms with E-state index in [1.807, 2.05) is 20.1 Å². The fourth-order valence-electron chi connectivity index (χ4n) is 1.48. The van der Waals surface area contributed by atoms with E-state index in [1.54, 1.807) is 30.0 Å². The molecule has 0 radical (unpaired) electrons. The summed E-state index contributed by atoms with van der Waals surface area (Å²) in [6.45, 7) is 4.51. The van der Waals surface area contributed by atoms with Gasteiger partial charge in [-0.3, -0.25) is 0 Å². The van der Waals surface area contributed by atoms with Crippen molar-refractivity contribution in [3.8, 4) is 11.8 Å². The van der Waals surface area contributed by atoms with Crippen molar-refractivity contribution < 1.29 is 8.42 Å². The Labute approximate surface area is 125 Å². The van der Waals surface area contributed by atoms with Crippen molar-refractivity contribution in [3.63, 3.8) is 0 Å². The number of thioether (sulfide) groups is 1. The molecule has 0 saturated heterocycles. The lowest BCUT2D eigenvalue weighted by Gasteiger charge is -2.11. The molecule has 0 fully saturated rings. The minimum absolute atomic E-state index is 0.237. The summed E-state index contributed by atoms with van der Waals surface area (Å²) in [7, 11) is -3.46. The van der Waals surface area contributed by atoms with Crippen LogP contribution in [0.3, 0.4) is 0 Å². The highest BCUT2D eigenvalue weighted by molar-refractivity contribution is 7.99. The van der Waals surface area contributed by atoms with Crippen LogP contribution in [0.15, 0.2) is 23.1 Å². The zero-order chi connectivity index (χ0) is 15.2. The molecule has 0 aliphatic carbocycles. The molecule has 0 spiro atoms. The van der Waals surface area contributed by atoms with E-state index in [2.05, 4.69) is 16.6 Å². The Morgan fingerprint density at radius 1 is 1.45 bits per heavy atom. The molecule has 6 heteroatoms. The van der Waals surface area contributed by atoms with Crippen LogP contribution in [0.5, 0.6) is 0 Å². The number of sulfonamides is 1. The Kier molecular flexibility index (Phi) is 6.56. The van der Waals surface area contributed by atoms with Crippen LogP contribution in [-0.2, 0) is 10.0 Å². The highest BCUT2D eigenvalue weighted by atomic mass is 32.2. The number of hydrogen-bond donors (Lipinski definition) is 2. The largest absolute Gasteiger partial charge is 0.320 e. The third-order valence-electron chi connectivity index (χ3n) is 2.80. The lowest BCUT2D eigenvalue weighted by molar-refractivity contribution is 0.581. The average Bonchev–Trinajstić information content (AvgIpc) is 2.43. The second-order valence-corrected chi connectivity index (χ2v) is 7.42. The van der Waals surface area contributed by atoms with Gasteiger partial charge < -0.3 is 5.73 Å². The highest BCUT2D eigenvalue weighted by Crippen LogP contribution is 2.15. The van der Waals surface area contributed by atoms with Crippen LogP contribution in [-0.4, -0.2) is 33.0 Å². The molecule has 4 nitrogen and oxygen atoms in total. The van der Waals surface area contributed by atoms with Crippen LogP contribution in [0.2, 0.25) is 0 Å². The van der Waals surface area contributed by atoms with Crippen molar-refractivity contribution in [3.05, 3.63) is 29.3 Å². The molecule has 3 N–H and O–H groups in total. The molecule has 1 unspecified atom stereocenters. The average molecular weight is 312 g/mol. The van der Waals surface area contributed by atoms with Crippen molar-refractivity contribution in [2.24, 2.45) is 5.73 Å². The summed E-state index contributed by atoms with van der Waals surface area (Å²) < 4.78 is 26.9. The zero-order valence-corrected chi connectivity index (χ0v) is 13.6. The first-order valence-electron chi connectivity index (χ1n) is 6.22. The minimum atomic E-state index is -3.46. The van der Waals surface area contributed by atoms with E-state index in [1.165, 1.54) is 0 Å². The van der Waals surface area contributed by atoms with Crippen molar-refractivity contribution in [1.29, 1.82) is 0 Å². The minimum Gasteiger partial charge on any atom is -0.320 e. The Morgan fingerprint density at radius 3 is 2.70 bits per heavy atom. The maximum atomic E-state index is 12.2. The summed E-state index contributed by atoms with van der Waals surface area (Å²) in [6, 6.07) is 4.91. The topological polar surface area (TPSA) is 72.2 Å². The molecule has 1 atom stereocenters. The summed E-state index contributed by atoms with van der Waals surface area (Å²) in [5.74, 6) is 5.68. The molecule has 0 amide bonds. The van der Waals surface area contributed by atoms with Crippen molar-refractivity contribution in [1.82, 2.24) is 4.72 Å². The van der Waals surface area contributed by atoms with Gasteiger partial charge in [-0.15, -0.1) is 0 Å². The van der Waals surface area contributed by atoms with Crippen molar-refractivity contribution in [2.45, 2.75) is 24.0 Å². The number of nitrogens with one attached hydrogen (secondary N) is 1. The van der Waals surface area contributed by atoms with Gasteiger partial charge in [0.15, 0.2) is 0 Å². The van der Waals surface area contributed by atoms with Crippen molar-refractivity contribution in [2.75, 3.05) is 19.3 Å². The van der Waals surface area contributed by atoms with E-state index >= 15 is 0 Å². The van der Waals surface area contributed by atoms with E-state index in [0.29, 0.717) is 6.54 Å². The first-order valence-corrected chi connectivity index (χ1v) is 9.00. The summed E-state index contributed by atoms with van der Waals surface area (Å²) in [5, 5.41) is 0.237. The van der Waals surface area contributed by atoms with Crippen LogP contribution in [0, 0.1) is 18.8 Å². The SMILES string of the molecule is CSC(C)CNS(=O)(=O)c1ccc(C#CCN)c(C)c1. The molecule has 0 aliphatic rings. The molecular weight excluding hydrogens is 292 g/mol. The molecule has 0 bridgehead atoms. The Morgan fingerprint density at radius 2 is 2.15 bits per heavy atom. The number of benzene rings is 1. The first kappa shape index (κ1) is 17.1. The van der Waals surface area contributed by atoms with Crippen LogP contribution in [0.1, 0.15) is 18.1 Å². The predicted octanol–water partition coefficient (Wildman–Crippen LogP) is 1.34. The Balaban J connectivity index is 2.94.